The third-order valence-corrected chi connectivity index (χ3v) is 2.18. The van der Waals surface area contributed by atoms with Crippen molar-refractivity contribution in [3.8, 4) is 6.07 Å². The van der Waals surface area contributed by atoms with Gasteiger partial charge in [0.25, 0.3) is 5.91 Å². The monoisotopic (exact) mass is 229 g/mol. The summed E-state index contributed by atoms with van der Waals surface area (Å²) in [6.07, 6.45) is 6.71. The van der Waals surface area contributed by atoms with Gasteiger partial charge in [0.2, 0.25) is 0 Å². The van der Waals surface area contributed by atoms with Crippen molar-refractivity contribution < 1.29 is 4.79 Å². The Hall–Kier alpha value is -2.15. The van der Waals surface area contributed by atoms with Crippen LogP contribution in [0.5, 0.6) is 0 Å². The molecule has 0 saturated carbocycles. The van der Waals surface area contributed by atoms with Crippen LogP contribution >= 0.6 is 0 Å². The number of aromatic nitrogens is 1. The van der Waals surface area contributed by atoms with E-state index in [0.717, 1.165) is 18.4 Å². The van der Waals surface area contributed by atoms with Crippen molar-refractivity contribution >= 4 is 12.0 Å². The molecule has 1 heterocycles. The Balaban J connectivity index is 2.69. The van der Waals surface area contributed by atoms with E-state index in [9.17, 15) is 4.79 Å². The fourth-order valence-electron chi connectivity index (χ4n) is 1.25. The summed E-state index contributed by atoms with van der Waals surface area (Å²) in [4.78, 5) is 15.6. The van der Waals surface area contributed by atoms with Crippen molar-refractivity contribution in [2.24, 2.45) is 0 Å². The van der Waals surface area contributed by atoms with E-state index in [-0.39, 0.29) is 11.5 Å². The maximum absolute atomic E-state index is 11.6. The SMILES string of the molecule is CCCCNC(=O)/C(C#N)=C\c1cccnc1. The average Bonchev–Trinajstić information content (AvgIpc) is 2.37. The summed E-state index contributed by atoms with van der Waals surface area (Å²) in [5.41, 5.74) is 0.851. The van der Waals surface area contributed by atoms with Crippen molar-refractivity contribution in [3.63, 3.8) is 0 Å². The number of carbonyl (C=O) groups excluding carboxylic acids is 1. The minimum absolute atomic E-state index is 0.106. The van der Waals surface area contributed by atoms with E-state index in [1.807, 2.05) is 13.0 Å². The molecule has 4 heteroatoms. The largest absolute Gasteiger partial charge is 0.351 e. The van der Waals surface area contributed by atoms with Crippen LogP contribution in [0.4, 0.5) is 0 Å². The number of hydrogen-bond acceptors (Lipinski definition) is 3. The number of nitriles is 1. The van der Waals surface area contributed by atoms with Gasteiger partial charge in [-0.1, -0.05) is 19.4 Å². The van der Waals surface area contributed by atoms with Crippen LogP contribution in [0.1, 0.15) is 25.3 Å². The van der Waals surface area contributed by atoms with Crippen LogP contribution in [0.3, 0.4) is 0 Å². The fourth-order valence-corrected chi connectivity index (χ4v) is 1.25. The van der Waals surface area contributed by atoms with E-state index >= 15 is 0 Å². The first-order valence-electron chi connectivity index (χ1n) is 5.58. The molecule has 1 aromatic rings. The van der Waals surface area contributed by atoms with Crippen molar-refractivity contribution in [2.45, 2.75) is 19.8 Å². The first-order valence-corrected chi connectivity index (χ1v) is 5.58. The number of hydrogen-bond donors (Lipinski definition) is 1. The van der Waals surface area contributed by atoms with Crippen molar-refractivity contribution in [1.82, 2.24) is 10.3 Å². The summed E-state index contributed by atoms with van der Waals surface area (Å²) in [6.45, 7) is 2.64. The molecule has 4 nitrogen and oxygen atoms in total. The van der Waals surface area contributed by atoms with Crippen LogP contribution in [-0.2, 0) is 4.79 Å². The van der Waals surface area contributed by atoms with E-state index < -0.39 is 0 Å². The Kier molecular flexibility index (Phi) is 5.45. The maximum atomic E-state index is 11.6. The predicted molar refractivity (Wildman–Crippen MR) is 65.7 cm³/mol. The van der Waals surface area contributed by atoms with Gasteiger partial charge in [-0.05, 0) is 24.1 Å². The molecule has 0 radical (unpaired) electrons. The second-order valence-corrected chi connectivity index (χ2v) is 3.57. The zero-order valence-corrected chi connectivity index (χ0v) is 9.81. The standard InChI is InChI=1S/C13H15N3O/c1-2-3-7-16-13(17)12(9-14)8-11-5-4-6-15-10-11/h4-6,8,10H,2-3,7H2,1H3,(H,16,17)/b12-8-. The Morgan fingerprint density at radius 3 is 3.06 bits per heavy atom. The molecular weight excluding hydrogens is 214 g/mol. The molecule has 0 bridgehead atoms. The molecule has 0 unspecified atom stereocenters. The fraction of sp³-hybridized carbons (Fsp3) is 0.308. The third-order valence-electron chi connectivity index (χ3n) is 2.18. The molecule has 0 fully saturated rings. The van der Waals surface area contributed by atoms with Crippen LogP contribution in [-0.4, -0.2) is 17.4 Å². The molecule has 0 atom stereocenters. The van der Waals surface area contributed by atoms with Crippen LogP contribution in [0.15, 0.2) is 30.1 Å². The molecule has 0 aliphatic heterocycles. The highest BCUT2D eigenvalue weighted by Gasteiger charge is 2.07. The van der Waals surface area contributed by atoms with Crippen LogP contribution in [0, 0.1) is 11.3 Å². The van der Waals surface area contributed by atoms with Gasteiger partial charge in [-0.3, -0.25) is 9.78 Å². The number of unbranched alkanes of at least 4 members (excludes halogenated alkanes) is 1. The summed E-state index contributed by atoms with van der Waals surface area (Å²) in [5, 5.41) is 11.6. The number of rotatable bonds is 5. The highest BCUT2D eigenvalue weighted by atomic mass is 16.1. The summed E-state index contributed by atoms with van der Waals surface area (Å²) < 4.78 is 0. The van der Waals surface area contributed by atoms with Crippen LogP contribution < -0.4 is 5.32 Å². The Bertz CT molecular complexity index is 432. The van der Waals surface area contributed by atoms with Gasteiger partial charge in [0.05, 0.1) is 0 Å². The summed E-state index contributed by atoms with van der Waals surface area (Å²) in [6, 6.07) is 5.45. The lowest BCUT2D eigenvalue weighted by molar-refractivity contribution is -0.117. The van der Waals surface area contributed by atoms with E-state index in [4.69, 9.17) is 5.26 Å². The van der Waals surface area contributed by atoms with E-state index in [1.54, 1.807) is 24.5 Å². The van der Waals surface area contributed by atoms with Crippen molar-refractivity contribution in [1.29, 1.82) is 5.26 Å². The van der Waals surface area contributed by atoms with Crippen LogP contribution in [0.2, 0.25) is 0 Å². The quantitative estimate of drug-likeness (QED) is 0.476. The maximum Gasteiger partial charge on any atom is 0.261 e. The zero-order valence-electron chi connectivity index (χ0n) is 9.81. The molecule has 0 saturated heterocycles. The number of carbonyl (C=O) groups is 1. The number of amides is 1. The summed E-state index contributed by atoms with van der Waals surface area (Å²) in [5.74, 6) is -0.329. The predicted octanol–water partition coefficient (Wildman–Crippen LogP) is 1.90. The number of nitrogens with zero attached hydrogens (tertiary/aromatic N) is 2. The third kappa shape index (κ3) is 4.47. The second-order valence-electron chi connectivity index (χ2n) is 3.57. The smallest absolute Gasteiger partial charge is 0.261 e. The highest BCUT2D eigenvalue weighted by molar-refractivity contribution is 6.01. The van der Waals surface area contributed by atoms with E-state index in [2.05, 4.69) is 10.3 Å². The molecule has 1 rings (SSSR count). The molecule has 1 N–H and O–H groups in total. The first kappa shape index (κ1) is 12.9. The van der Waals surface area contributed by atoms with Gasteiger partial charge in [-0.15, -0.1) is 0 Å². The minimum atomic E-state index is -0.329. The van der Waals surface area contributed by atoms with Gasteiger partial charge >= 0.3 is 0 Å². The van der Waals surface area contributed by atoms with Gasteiger partial charge < -0.3 is 5.32 Å². The molecule has 1 amide bonds. The van der Waals surface area contributed by atoms with E-state index in [1.165, 1.54) is 6.08 Å². The molecular formula is C13H15N3O. The van der Waals surface area contributed by atoms with Gasteiger partial charge in [-0.2, -0.15) is 5.26 Å². The molecule has 1 aromatic heterocycles. The lowest BCUT2D eigenvalue weighted by Crippen LogP contribution is -2.25. The Morgan fingerprint density at radius 1 is 1.65 bits per heavy atom. The Morgan fingerprint density at radius 2 is 2.47 bits per heavy atom. The van der Waals surface area contributed by atoms with Gasteiger partial charge in [0.1, 0.15) is 11.6 Å². The summed E-state index contributed by atoms with van der Waals surface area (Å²) >= 11 is 0. The molecule has 17 heavy (non-hydrogen) atoms. The van der Waals surface area contributed by atoms with Crippen molar-refractivity contribution in [3.05, 3.63) is 35.7 Å². The number of pyridine rings is 1. The topological polar surface area (TPSA) is 65.8 Å². The minimum Gasteiger partial charge on any atom is -0.351 e. The molecule has 88 valence electrons. The van der Waals surface area contributed by atoms with Gasteiger partial charge in [-0.25, -0.2) is 0 Å². The number of nitrogens with one attached hydrogen (secondary N) is 1. The van der Waals surface area contributed by atoms with Crippen molar-refractivity contribution in [2.75, 3.05) is 6.54 Å². The summed E-state index contributed by atoms with van der Waals surface area (Å²) in [7, 11) is 0. The first-order chi connectivity index (χ1) is 8.27. The zero-order chi connectivity index (χ0) is 12.5. The molecule has 0 spiro atoms. The molecule has 0 aromatic carbocycles. The molecule has 0 aliphatic carbocycles. The van der Waals surface area contributed by atoms with Gasteiger partial charge in [0, 0.05) is 18.9 Å². The molecule has 0 aliphatic rings. The lowest BCUT2D eigenvalue weighted by Gasteiger charge is -2.02. The van der Waals surface area contributed by atoms with Gasteiger partial charge in [0.15, 0.2) is 0 Å². The normalized spacial score (nSPS) is 10.7. The highest BCUT2D eigenvalue weighted by Crippen LogP contribution is 2.04. The average molecular weight is 229 g/mol. The lowest BCUT2D eigenvalue weighted by atomic mass is 10.1. The Labute approximate surface area is 101 Å². The van der Waals surface area contributed by atoms with Crippen LogP contribution in [0.25, 0.3) is 6.08 Å². The van der Waals surface area contributed by atoms with E-state index in [0.29, 0.717) is 6.54 Å². The second kappa shape index (κ2) is 7.18.